The monoisotopic (exact) mass is 237 g/mol. The van der Waals surface area contributed by atoms with Crippen molar-refractivity contribution in [1.82, 2.24) is 14.8 Å². The Kier molecular flexibility index (Phi) is 3.06. The lowest BCUT2D eigenvalue weighted by atomic mass is 10.1. The number of rotatable bonds is 3. The highest BCUT2D eigenvalue weighted by atomic mass is 19.1. The van der Waals surface area contributed by atoms with Gasteiger partial charge in [-0.1, -0.05) is 0 Å². The molecule has 17 heavy (non-hydrogen) atoms. The van der Waals surface area contributed by atoms with Gasteiger partial charge in [0.05, 0.1) is 19.5 Å². The first-order valence-corrected chi connectivity index (χ1v) is 4.98. The number of aromatic nitrogens is 3. The molecule has 1 atom stereocenters. The molecular weight excluding hydrogens is 225 g/mol. The third-order valence-electron chi connectivity index (χ3n) is 2.47. The number of nitrogens with zero attached hydrogens (tertiary/aromatic N) is 3. The van der Waals surface area contributed by atoms with Crippen LogP contribution in [0.25, 0.3) is 0 Å². The summed E-state index contributed by atoms with van der Waals surface area (Å²) in [6, 6.07) is 1.23. The van der Waals surface area contributed by atoms with Crippen LogP contribution in [0.1, 0.15) is 17.4 Å². The number of hydrogen-bond donors (Lipinski definition) is 1. The van der Waals surface area contributed by atoms with Crippen molar-refractivity contribution in [2.45, 2.75) is 6.10 Å². The highest BCUT2D eigenvalue weighted by Crippen LogP contribution is 2.28. The van der Waals surface area contributed by atoms with Gasteiger partial charge < -0.3 is 9.84 Å². The topological polar surface area (TPSA) is 60.2 Å². The molecule has 2 aromatic rings. The SMILES string of the molecule is COc1cnn(C)c1C(O)c1cncc(F)c1. The van der Waals surface area contributed by atoms with Gasteiger partial charge in [0.1, 0.15) is 17.6 Å². The zero-order valence-electron chi connectivity index (χ0n) is 9.46. The second-order valence-electron chi connectivity index (χ2n) is 3.56. The Hall–Kier alpha value is -1.95. The van der Waals surface area contributed by atoms with E-state index in [4.69, 9.17) is 4.74 Å². The molecule has 0 aliphatic heterocycles. The molecule has 0 bridgehead atoms. The molecule has 2 rings (SSSR count). The molecular formula is C11H12FN3O2. The quantitative estimate of drug-likeness (QED) is 0.866. The average molecular weight is 237 g/mol. The summed E-state index contributed by atoms with van der Waals surface area (Å²) >= 11 is 0. The number of aliphatic hydroxyl groups is 1. The van der Waals surface area contributed by atoms with Crippen molar-refractivity contribution in [2.75, 3.05) is 7.11 Å². The average Bonchev–Trinajstić information content (AvgIpc) is 2.69. The van der Waals surface area contributed by atoms with E-state index in [-0.39, 0.29) is 0 Å². The summed E-state index contributed by atoms with van der Waals surface area (Å²) in [5, 5.41) is 14.1. The zero-order chi connectivity index (χ0) is 12.4. The zero-order valence-corrected chi connectivity index (χ0v) is 9.46. The van der Waals surface area contributed by atoms with E-state index in [9.17, 15) is 9.50 Å². The van der Waals surface area contributed by atoms with Crippen LogP contribution in [0.15, 0.2) is 24.7 Å². The lowest BCUT2D eigenvalue weighted by molar-refractivity contribution is 0.203. The summed E-state index contributed by atoms with van der Waals surface area (Å²) in [5.41, 5.74) is 0.812. The van der Waals surface area contributed by atoms with Gasteiger partial charge in [-0.3, -0.25) is 9.67 Å². The minimum Gasteiger partial charge on any atom is -0.493 e. The van der Waals surface area contributed by atoms with E-state index in [2.05, 4.69) is 10.1 Å². The Labute approximate surface area is 97.5 Å². The van der Waals surface area contributed by atoms with Crippen LogP contribution in [0, 0.1) is 5.82 Å². The van der Waals surface area contributed by atoms with E-state index < -0.39 is 11.9 Å². The fourth-order valence-corrected chi connectivity index (χ4v) is 1.63. The van der Waals surface area contributed by atoms with Crippen molar-refractivity contribution in [3.8, 4) is 5.75 Å². The van der Waals surface area contributed by atoms with Crippen molar-refractivity contribution >= 4 is 0 Å². The molecule has 2 heterocycles. The van der Waals surface area contributed by atoms with Crippen LogP contribution in [0.3, 0.4) is 0 Å². The largest absolute Gasteiger partial charge is 0.493 e. The highest BCUT2D eigenvalue weighted by molar-refractivity contribution is 5.33. The number of aryl methyl sites for hydroxylation is 1. The Morgan fingerprint density at radius 3 is 2.82 bits per heavy atom. The van der Waals surface area contributed by atoms with Gasteiger partial charge in [0.25, 0.3) is 0 Å². The fraction of sp³-hybridized carbons (Fsp3) is 0.273. The molecule has 0 aliphatic rings. The van der Waals surface area contributed by atoms with Crippen LogP contribution in [0.4, 0.5) is 4.39 Å². The number of pyridine rings is 1. The molecule has 0 aromatic carbocycles. The summed E-state index contributed by atoms with van der Waals surface area (Å²) in [6.07, 6.45) is 2.95. The van der Waals surface area contributed by atoms with Gasteiger partial charge in [-0.15, -0.1) is 0 Å². The lowest BCUT2D eigenvalue weighted by Gasteiger charge is -2.12. The first kappa shape index (κ1) is 11.5. The predicted molar refractivity (Wildman–Crippen MR) is 58.0 cm³/mol. The van der Waals surface area contributed by atoms with E-state index in [1.807, 2.05) is 0 Å². The van der Waals surface area contributed by atoms with Gasteiger partial charge in [0.15, 0.2) is 5.75 Å². The number of aliphatic hydroxyl groups excluding tert-OH is 1. The standard InChI is InChI=1S/C11H12FN3O2/c1-15-10(9(17-2)6-14-15)11(16)7-3-8(12)5-13-4-7/h3-6,11,16H,1-2H3. The second-order valence-corrected chi connectivity index (χ2v) is 3.56. The van der Waals surface area contributed by atoms with Crippen LogP contribution in [0.5, 0.6) is 5.75 Å². The first-order chi connectivity index (χ1) is 8.13. The van der Waals surface area contributed by atoms with Crippen LogP contribution < -0.4 is 4.74 Å². The highest BCUT2D eigenvalue weighted by Gasteiger charge is 2.20. The van der Waals surface area contributed by atoms with Gasteiger partial charge in [-0.25, -0.2) is 4.39 Å². The summed E-state index contributed by atoms with van der Waals surface area (Å²) in [6.45, 7) is 0. The Morgan fingerprint density at radius 1 is 1.41 bits per heavy atom. The second kappa shape index (κ2) is 4.50. The number of hydrogen-bond acceptors (Lipinski definition) is 4. The third-order valence-corrected chi connectivity index (χ3v) is 2.47. The third kappa shape index (κ3) is 2.12. The van der Waals surface area contributed by atoms with Gasteiger partial charge in [-0.2, -0.15) is 5.10 Å². The van der Waals surface area contributed by atoms with Crippen molar-refractivity contribution in [3.05, 3.63) is 41.7 Å². The Bertz CT molecular complexity index is 527. The minimum absolute atomic E-state index is 0.354. The summed E-state index contributed by atoms with van der Waals surface area (Å²) in [4.78, 5) is 3.69. The van der Waals surface area contributed by atoms with Crippen molar-refractivity contribution < 1.29 is 14.2 Å². The molecule has 0 saturated heterocycles. The maximum Gasteiger partial charge on any atom is 0.162 e. The molecule has 0 radical (unpaired) electrons. The maximum atomic E-state index is 13.0. The lowest BCUT2D eigenvalue weighted by Crippen LogP contribution is -2.08. The Morgan fingerprint density at radius 2 is 2.18 bits per heavy atom. The smallest absolute Gasteiger partial charge is 0.162 e. The van der Waals surface area contributed by atoms with E-state index in [1.165, 1.54) is 30.3 Å². The van der Waals surface area contributed by atoms with Crippen LogP contribution >= 0.6 is 0 Å². The Balaban J connectivity index is 2.43. The molecule has 2 aromatic heterocycles. The molecule has 0 fully saturated rings. The van der Waals surface area contributed by atoms with Crippen molar-refractivity contribution in [1.29, 1.82) is 0 Å². The summed E-state index contributed by atoms with van der Waals surface area (Å²) in [7, 11) is 3.16. The minimum atomic E-state index is -1.03. The van der Waals surface area contributed by atoms with Crippen molar-refractivity contribution in [3.63, 3.8) is 0 Å². The first-order valence-electron chi connectivity index (χ1n) is 4.98. The molecule has 0 spiro atoms. The molecule has 1 N–H and O–H groups in total. The van der Waals surface area contributed by atoms with Gasteiger partial charge in [0, 0.05) is 18.8 Å². The van der Waals surface area contributed by atoms with E-state index >= 15 is 0 Å². The maximum absolute atomic E-state index is 13.0. The van der Waals surface area contributed by atoms with Gasteiger partial charge in [0.2, 0.25) is 0 Å². The fourth-order valence-electron chi connectivity index (χ4n) is 1.63. The predicted octanol–water partition coefficient (Wildman–Crippen LogP) is 1.04. The summed E-state index contributed by atoms with van der Waals surface area (Å²) < 4.78 is 19.6. The van der Waals surface area contributed by atoms with E-state index in [0.717, 1.165) is 6.20 Å². The molecule has 90 valence electrons. The molecule has 6 heteroatoms. The van der Waals surface area contributed by atoms with Crippen molar-refractivity contribution in [2.24, 2.45) is 7.05 Å². The molecule has 5 nitrogen and oxygen atoms in total. The molecule has 0 amide bonds. The van der Waals surface area contributed by atoms with E-state index in [0.29, 0.717) is 17.0 Å². The number of methoxy groups -OCH3 is 1. The number of halogens is 1. The van der Waals surface area contributed by atoms with Crippen LogP contribution in [-0.2, 0) is 7.05 Å². The van der Waals surface area contributed by atoms with E-state index in [1.54, 1.807) is 7.05 Å². The molecule has 0 aliphatic carbocycles. The molecule has 1 unspecified atom stereocenters. The number of ether oxygens (including phenoxy) is 1. The van der Waals surface area contributed by atoms with Crippen LogP contribution in [-0.4, -0.2) is 27.0 Å². The molecule has 0 saturated carbocycles. The normalized spacial score (nSPS) is 12.5. The van der Waals surface area contributed by atoms with Gasteiger partial charge >= 0.3 is 0 Å². The van der Waals surface area contributed by atoms with Gasteiger partial charge in [-0.05, 0) is 6.07 Å². The summed E-state index contributed by atoms with van der Waals surface area (Å²) in [5.74, 6) is -0.0491. The van der Waals surface area contributed by atoms with Crippen LogP contribution in [0.2, 0.25) is 0 Å².